The van der Waals surface area contributed by atoms with Gasteiger partial charge in [-0.1, -0.05) is 12.1 Å². The number of amides is 1. The number of hydrogen-bond acceptors (Lipinski definition) is 5. The maximum atomic E-state index is 13.5. The summed E-state index contributed by atoms with van der Waals surface area (Å²) in [4.78, 5) is 20.8. The lowest BCUT2D eigenvalue weighted by atomic mass is 10.0. The van der Waals surface area contributed by atoms with Gasteiger partial charge in [0.2, 0.25) is 0 Å². The molecule has 0 spiro atoms. The third-order valence-electron chi connectivity index (χ3n) is 6.25. The highest BCUT2D eigenvalue weighted by molar-refractivity contribution is 5.98. The summed E-state index contributed by atoms with van der Waals surface area (Å²) in [6.07, 6.45) is 1.24. The molecular formula is C22H21F3N6O. The number of nitrogens with one attached hydrogen (secondary N) is 1. The number of aromatic nitrogens is 4. The van der Waals surface area contributed by atoms with E-state index in [1.54, 1.807) is 18.5 Å². The van der Waals surface area contributed by atoms with Crippen LogP contribution in [0.1, 0.15) is 34.3 Å². The first kappa shape index (κ1) is 20.5. The van der Waals surface area contributed by atoms with E-state index in [4.69, 9.17) is 0 Å². The number of carbonyl (C=O) groups excluding carboxylic acids is 1. The van der Waals surface area contributed by atoms with Crippen molar-refractivity contribution >= 4 is 11.7 Å². The molecule has 3 aromatic rings. The number of para-hydroxylation sites is 1. The molecule has 10 heteroatoms. The Bertz CT molecular complexity index is 1130. The normalized spacial score (nSPS) is 22.4. The van der Waals surface area contributed by atoms with Crippen molar-refractivity contribution in [1.29, 1.82) is 0 Å². The molecular weight excluding hydrogens is 421 g/mol. The highest BCUT2D eigenvalue weighted by Crippen LogP contribution is 2.40. The molecule has 2 bridgehead atoms. The van der Waals surface area contributed by atoms with E-state index in [9.17, 15) is 18.0 Å². The molecule has 2 fully saturated rings. The summed E-state index contributed by atoms with van der Waals surface area (Å²) in [5, 5.41) is 11.6. The van der Waals surface area contributed by atoms with Crippen LogP contribution in [0.15, 0.2) is 48.9 Å². The second kappa shape index (κ2) is 7.61. The molecule has 3 heterocycles. The first-order chi connectivity index (χ1) is 15.3. The van der Waals surface area contributed by atoms with Crippen LogP contribution in [0.3, 0.4) is 0 Å². The van der Waals surface area contributed by atoms with Crippen LogP contribution in [0.2, 0.25) is 0 Å². The van der Waals surface area contributed by atoms with Gasteiger partial charge in [0.1, 0.15) is 11.5 Å². The molecule has 0 unspecified atom stereocenters. The molecule has 3 atom stereocenters. The number of likely N-dealkylation sites (tertiary alicyclic amines) is 1. The molecule has 1 amide bonds. The molecule has 1 aliphatic carbocycles. The minimum Gasteiger partial charge on any atom is -0.365 e. The summed E-state index contributed by atoms with van der Waals surface area (Å²) in [5.41, 5.74) is 1.28. The van der Waals surface area contributed by atoms with Crippen molar-refractivity contribution in [3.05, 3.63) is 65.6 Å². The summed E-state index contributed by atoms with van der Waals surface area (Å²) in [7, 11) is 0. The Morgan fingerprint density at radius 2 is 1.91 bits per heavy atom. The van der Waals surface area contributed by atoms with Crippen molar-refractivity contribution < 1.29 is 18.0 Å². The molecule has 1 aromatic carbocycles. The Labute approximate surface area is 182 Å². The number of halogens is 3. The maximum Gasteiger partial charge on any atom is 0.417 e. The largest absolute Gasteiger partial charge is 0.417 e. The first-order valence-electron chi connectivity index (χ1n) is 10.4. The Morgan fingerprint density at radius 1 is 1.12 bits per heavy atom. The van der Waals surface area contributed by atoms with E-state index in [-0.39, 0.29) is 18.0 Å². The van der Waals surface area contributed by atoms with Gasteiger partial charge in [-0.05, 0) is 49.4 Å². The monoisotopic (exact) mass is 442 g/mol. The number of carbonyl (C=O) groups is 1. The van der Waals surface area contributed by atoms with Gasteiger partial charge in [-0.15, -0.1) is 0 Å². The van der Waals surface area contributed by atoms with Crippen molar-refractivity contribution in [2.75, 3.05) is 11.9 Å². The number of fused-ring (bicyclic) bond motifs is 2. The molecule has 2 aromatic heterocycles. The van der Waals surface area contributed by atoms with Crippen LogP contribution in [-0.2, 0) is 6.18 Å². The maximum absolute atomic E-state index is 13.5. The van der Waals surface area contributed by atoms with Gasteiger partial charge >= 0.3 is 6.18 Å². The summed E-state index contributed by atoms with van der Waals surface area (Å²) in [6, 6.07) is 7.75. The Hall–Kier alpha value is -3.43. The average molecular weight is 442 g/mol. The number of benzene rings is 1. The third-order valence-corrected chi connectivity index (χ3v) is 6.25. The van der Waals surface area contributed by atoms with Gasteiger partial charge in [0.05, 0.1) is 29.6 Å². The van der Waals surface area contributed by atoms with Crippen LogP contribution in [-0.4, -0.2) is 49.4 Å². The van der Waals surface area contributed by atoms with Gasteiger partial charge in [0.25, 0.3) is 5.91 Å². The summed E-state index contributed by atoms with van der Waals surface area (Å²) >= 11 is 0. The van der Waals surface area contributed by atoms with Crippen molar-refractivity contribution in [3.8, 4) is 5.69 Å². The zero-order chi connectivity index (χ0) is 22.5. The fraction of sp³-hybridized carbons (Fsp3) is 0.364. The lowest BCUT2D eigenvalue weighted by molar-refractivity contribution is -0.137. The molecule has 0 radical (unpaired) electrons. The number of rotatable bonds is 4. The van der Waals surface area contributed by atoms with Gasteiger partial charge in [0, 0.05) is 18.8 Å². The highest BCUT2D eigenvalue weighted by Gasteiger charge is 2.47. The fourth-order valence-corrected chi connectivity index (χ4v) is 4.83. The number of anilines is 1. The lowest BCUT2D eigenvalue weighted by Gasteiger charge is -2.34. The van der Waals surface area contributed by atoms with Crippen molar-refractivity contribution in [2.45, 2.75) is 38.0 Å². The molecule has 1 saturated heterocycles. The molecule has 2 aliphatic rings. The number of alkyl halides is 3. The van der Waals surface area contributed by atoms with Crippen LogP contribution in [0, 0.1) is 12.8 Å². The second-order valence-corrected chi connectivity index (χ2v) is 8.33. The molecule has 1 aliphatic heterocycles. The predicted octanol–water partition coefficient (Wildman–Crippen LogP) is 3.70. The van der Waals surface area contributed by atoms with Crippen molar-refractivity contribution in [1.82, 2.24) is 24.9 Å². The quantitative estimate of drug-likeness (QED) is 0.667. The standard InChI is InChI=1S/C22H21F3N6O/c1-13-3-2-4-16(20(13)31-27-7-8-28-31)21(32)30-12-14-9-17(18(30)10-14)29-19-6-5-15(11-26-19)22(23,24)25/h2-8,11,14,17-18H,9-10,12H2,1H3,(H,26,29)/t14-,17+,18-/m0/s1. The Morgan fingerprint density at radius 3 is 2.56 bits per heavy atom. The number of hydrogen-bond donors (Lipinski definition) is 1. The average Bonchev–Trinajstić information content (AvgIpc) is 3.50. The second-order valence-electron chi connectivity index (χ2n) is 8.33. The van der Waals surface area contributed by atoms with Gasteiger partial charge in [0.15, 0.2) is 0 Å². The zero-order valence-corrected chi connectivity index (χ0v) is 17.3. The van der Waals surface area contributed by atoms with E-state index in [0.29, 0.717) is 29.5 Å². The molecule has 1 N–H and O–H groups in total. The van der Waals surface area contributed by atoms with Gasteiger partial charge < -0.3 is 10.2 Å². The number of aryl methyl sites for hydroxylation is 1. The van der Waals surface area contributed by atoms with E-state index in [1.165, 1.54) is 10.9 Å². The molecule has 1 saturated carbocycles. The van der Waals surface area contributed by atoms with Crippen LogP contribution in [0.4, 0.5) is 19.0 Å². The molecule has 7 nitrogen and oxygen atoms in total. The van der Waals surface area contributed by atoms with E-state index in [2.05, 4.69) is 20.5 Å². The number of piperidine rings is 1. The molecule has 32 heavy (non-hydrogen) atoms. The van der Waals surface area contributed by atoms with Gasteiger partial charge in [-0.3, -0.25) is 4.79 Å². The zero-order valence-electron chi connectivity index (χ0n) is 17.3. The van der Waals surface area contributed by atoms with Crippen LogP contribution >= 0.6 is 0 Å². The van der Waals surface area contributed by atoms with Crippen LogP contribution in [0.5, 0.6) is 0 Å². The van der Waals surface area contributed by atoms with E-state index in [1.807, 2.05) is 24.0 Å². The van der Waals surface area contributed by atoms with Crippen LogP contribution < -0.4 is 5.32 Å². The highest BCUT2D eigenvalue weighted by atomic mass is 19.4. The summed E-state index contributed by atoms with van der Waals surface area (Å²) < 4.78 is 38.4. The SMILES string of the molecule is Cc1cccc(C(=O)N2C[C@H]3C[C@@H](Nc4ccc(C(F)(F)F)cn4)[C@@H]2C3)c1-n1nccn1. The summed E-state index contributed by atoms with van der Waals surface area (Å²) in [6.45, 7) is 2.56. The van der Waals surface area contributed by atoms with E-state index < -0.39 is 11.7 Å². The Balaban J connectivity index is 1.37. The Kier molecular flexibility index (Phi) is 4.87. The smallest absolute Gasteiger partial charge is 0.365 e. The number of nitrogens with zero attached hydrogens (tertiary/aromatic N) is 5. The molecule has 166 valence electrons. The first-order valence-corrected chi connectivity index (χ1v) is 10.4. The van der Waals surface area contributed by atoms with Crippen molar-refractivity contribution in [2.24, 2.45) is 5.92 Å². The van der Waals surface area contributed by atoms with Gasteiger partial charge in [-0.2, -0.15) is 28.2 Å². The third kappa shape index (κ3) is 3.59. The van der Waals surface area contributed by atoms with E-state index in [0.717, 1.165) is 30.7 Å². The van der Waals surface area contributed by atoms with Crippen LogP contribution in [0.25, 0.3) is 5.69 Å². The summed E-state index contributed by atoms with van der Waals surface area (Å²) in [5.74, 6) is 0.618. The van der Waals surface area contributed by atoms with Crippen molar-refractivity contribution in [3.63, 3.8) is 0 Å². The minimum atomic E-state index is -4.42. The minimum absolute atomic E-state index is 0.0597. The lowest BCUT2D eigenvalue weighted by Crippen LogP contribution is -2.48. The van der Waals surface area contributed by atoms with Gasteiger partial charge in [-0.25, -0.2) is 4.98 Å². The number of pyridine rings is 1. The predicted molar refractivity (Wildman–Crippen MR) is 110 cm³/mol. The molecule has 5 rings (SSSR count). The fourth-order valence-electron chi connectivity index (χ4n) is 4.83. The van der Waals surface area contributed by atoms with E-state index >= 15 is 0 Å². The topological polar surface area (TPSA) is 75.9 Å².